The van der Waals surface area contributed by atoms with Gasteiger partial charge in [0.25, 0.3) is 5.91 Å². The average molecular weight is 414 g/mol. The fourth-order valence-electron chi connectivity index (χ4n) is 4.35. The Kier molecular flexibility index (Phi) is 4.78. The molecule has 0 saturated heterocycles. The molecule has 0 aliphatic carbocycles. The van der Waals surface area contributed by atoms with E-state index in [1.165, 1.54) is 11.6 Å². The van der Waals surface area contributed by atoms with Gasteiger partial charge >= 0.3 is 0 Å². The molecule has 0 unspecified atom stereocenters. The van der Waals surface area contributed by atoms with Crippen LogP contribution < -0.4 is 10.4 Å². The molecule has 31 heavy (non-hydrogen) atoms. The third-order valence-electron chi connectivity index (χ3n) is 5.86. The molecule has 1 N–H and O–H groups in total. The fraction of sp³-hybridized carbons (Fsp3) is 0.208. The zero-order valence-electron chi connectivity index (χ0n) is 16.9. The lowest BCUT2D eigenvalue weighted by atomic mass is 9.93. The second-order valence-corrected chi connectivity index (χ2v) is 7.73. The molecule has 4 heterocycles. The molecule has 1 amide bonds. The van der Waals surface area contributed by atoms with Crippen molar-refractivity contribution in [2.75, 3.05) is 18.2 Å². The first kappa shape index (κ1) is 19.1. The minimum Gasteiger partial charge on any atom is -0.502 e. The minimum absolute atomic E-state index is 0.0160. The highest BCUT2D eigenvalue weighted by Gasteiger charge is 2.36. The molecule has 1 atom stereocenters. The summed E-state index contributed by atoms with van der Waals surface area (Å²) in [5, 5.41) is 12.5. The fourth-order valence-corrected chi connectivity index (χ4v) is 4.35. The van der Waals surface area contributed by atoms with Gasteiger partial charge in [0.15, 0.2) is 11.4 Å². The highest BCUT2D eigenvalue weighted by Crippen LogP contribution is 2.34. The van der Waals surface area contributed by atoms with Crippen molar-refractivity contribution in [2.24, 2.45) is 0 Å². The molecule has 0 fully saturated rings. The quantitative estimate of drug-likeness (QED) is 0.620. The Morgan fingerprint density at radius 2 is 1.87 bits per heavy atom. The monoisotopic (exact) mass is 414 g/mol. The summed E-state index contributed by atoms with van der Waals surface area (Å²) in [6.45, 7) is 0.695. The van der Waals surface area contributed by atoms with Crippen LogP contribution in [0.1, 0.15) is 39.6 Å². The van der Waals surface area contributed by atoms with Gasteiger partial charge in [-0.3, -0.25) is 24.3 Å². The number of allylic oxidation sites excluding steroid dienone is 1. The van der Waals surface area contributed by atoms with Gasteiger partial charge in [-0.25, -0.2) is 0 Å². The predicted octanol–water partition coefficient (Wildman–Crippen LogP) is 2.59. The largest absolute Gasteiger partial charge is 0.502 e. The lowest BCUT2D eigenvalue weighted by Gasteiger charge is -2.44. The highest BCUT2D eigenvalue weighted by molar-refractivity contribution is 5.96. The van der Waals surface area contributed by atoms with Crippen molar-refractivity contribution in [3.63, 3.8) is 0 Å². The van der Waals surface area contributed by atoms with Gasteiger partial charge in [-0.15, -0.1) is 0 Å². The van der Waals surface area contributed by atoms with Crippen molar-refractivity contribution in [2.45, 2.75) is 18.9 Å². The van der Waals surface area contributed by atoms with E-state index in [9.17, 15) is 14.7 Å². The highest BCUT2D eigenvalue weighted by atomic mass is 16.3. The molecule has 2 aliphatic heterocycles. The lowest BCUT2D eigenvalue weighted by molar-refractivity contribution is 0.0701. The average Bonchev–Trinajstić information content (AvgIpc) is 2.82. The number of aromatic nitrogens is 2. The summed E-state index contributed by atoms with van der Waals surface area (Å²) in [5.74, 6) is -0.896. The minimum atomic E-state index is -0.570. The Morgan fingerprint density at radius 3 is 2.71 bits per heavy atom. The van der Waals surface area contributed by atoms with E-state index in [4.69, 9.17) is 0 Å². The van der Waals surface area contributed by atoms with Gasteiger partial charge in [0, 0.05) is 36.8 Å². The molecule has 7 nitrogen and oxygen atoms in total. The van der Waals surface area contributed by atoms with E-state index in [1.54, 1.807) is 22.0 Å². The molecule has 1 aromatic carbocycles. The summed E-state index contributed by atoms with van der Waals surface area (Å²) < 4.78 is 1.62. The number of fused-ring (bicyclic) bond motifs is 5. The van der Waals surface area contributed by atoms with Crippen LogP contribution in [0.3, 0.4) is 0 Å². The maximum absolute atomic E-state index is 13.2. The molecule has 0 saturated carbocycles. The SMILES string of the molecule is O=C1c2c(O)c(=O)ccn2N2CN1C/C=C\CCc1ccncc1[C@H]2c1ccccc1. The van der Waals surface area contributed by atoms with Crippen LogP contribution in [-0.4, -0.2) is 38.8 Å². The first-order valence-corrected chi connectivity index (χ1v) is 10.3. The Bertz CT molecular complexity index is 1220. The van der Waals surface area contributed by atoms with Crippen molar-refractivity contribution in [3.8, 4) is 5.75 Å². The molecule has 156 valence electrons. The Labute approximate surface area is 179 Å². The van der Waals surface area contributed by atoms with E-state index < -0.39 is 11.2 Å². The second-order valence-electron chi connectivity index (χ2n) is 7.73. The number of hydrogen-bond acceptors (Lipinski definition) is 5. The number of carbonyl (C=O) groups is 1. The number of aromatic hydroxyl groups is 1. The number of benzene rings is 1. The molecule has 7 heteroatoms. The van der Waals surface area contributed by atoms with Gasteiger partial charge in [0.1, 0.15) is 6.67 Å². The summed E-state index contributed by atoms with van der Waals surface area (Å²) in [4.78, 5) is 31.4. The zero-order chi connectivity index (χ0) is 21.4. The Morgan fingerprint density at radius 1 is 1.03 bits per heavy atom. The van der Waals surface area contributed by atoms with Gasteiger partial charge in [-0.05, 0) is 30.0 Å². The van der Waals surface area contributed by atoms with Crippen LogP contribution in [0.25, 0.3) is 0 Å². The zero-order valence-corrected chi connectivity index (χ0v) is 16.9. The third kappa shape index (κ3) is 3.28. The summed E-state index contributed by atoms with van der Waals surface area (Å²) in [7, 11) is 0. The van der Waals surface area contributed by atoms with Crippen LogP contribution >= 0.6 is 0 Å². The summed E-state index contributed by atoms with van der Waals surface area (Å²) in [6.07, 6.45) is 11.0. The molecule has 0 spiro atoms. The van der Waals surface area contributed by atoms with Gasteiger partial charge in [0.2, 0.25) is 5.43 Å². The molecule has 0 radical (unpaired) electrons. The number of amides is 1. The number of carbonyl (C=O) groups excluding carboxylic acids is 1. The first-order chi connectivity index (χ1) is 15.1. The number of nitrogens with zero attached hydrogens (tertiary/aromatic N) is 4. The molecule has 2 bridgehead atoms. The third-order valence-corrected chi connectivity index (χ3v) is 5.86. The van der Waals surface area contributed by atoms with E-state index in [0.29, 0.717) is 13.2 Å². The van der Waals surface area contributed by atoms with Crippen molar-refractivity contribution in [1.82, 2.24) is 14.6 Å². The molecular weight excluding hydrogens is 392 g/mol. The Hall–Kier alpha value is -3.87. The summed E-state index contributed by atoms with van der Waals surface area (Å²) >= 11 is 0. The number of rotatable bonds is 1. The van der Waals surface area contributed by atoms with E-state index in [-0.39, 0.29) is 17.6 Å². The van der Waals surface area contributed by atoms with Gasteiger partial charge in [0.05, 0.1) is 6.04 Å². The van der Waals surface area contributed by atoms with Crippen LogP contribution in [0.15, 0.2) is 78.0 Å². The van der Waals surface area contributed by atoms with Crippen molar-refractivity contribution in [3.05, 3.63) is 106 Å². The van der Waals surface area contributed by atoms with Crippen LogP contribution in [0, 0.1) is 0 Å². The maximum atomic E-state index is 13.2. The van der Waals surface area contributed by atoms with Crippen molar-refractivity contribution in [1.29, 1.82) is 0 Å². The molecule has 3 aromatic rings. The van der Waals surface area contributed by atoms with E-state index >= 15 is 0 Å². The summed E-state index contributed by atoms with van der Waals surface area (Å²) in [6, 6.07) is 13.1. The van der Waals surface area contributed by atoms with E-state index in [0.717, 1.165) is 24.0 Å². The van der Waals surface area contributed by atoms with E-state index in [2.05, 4.69) is 11.1 Å². The van der Waals surface area contributed by atoms with Crippen molar-refractivity contribution < 1.29 is 9.90 Å². The van der Waals surface area contributed by atoms with Gasteiger partial charge < -0.3 is 10.0 Å². The predicted molar refractivity (Wildman–Crippen MR) is 116 cm³/mol. The number of hydrogen-bond donors (Lipinski definition) is 1. The second kappa shape index (κ2) is 7.75. The topological polar surface area (TPSA) is 78.7 Å². The number of aryl methyl sites for hydroxylation is 1. The van der Waals surface area contributed by atoms with Crippen LogP contribution in [0.5, 0.6) is 5.75 Å². The standard InChI is InChI=1S/C24H22N4O3/c29-20-11-14-27-22(23(20)30)24(31)26-13-6-2-5-7-17-10-12-25-15-19(17)21(28(27)16-26)18-8-3-1-4-9-18/h1-4,6,8-12,14-15,21,30H,5,7,13,16H2/b6-2-/t21-/m1/s1. The summed E-state index contributed by atoms with van der Waals surface area (Å²) in [5.41, 5.74) is 2.65. The van der Waals surface area contributed by atoms with Crippen molar-refractivity contribution >= 4 is 5.91 Å². The molecule has 2 aromatic heterocycles. The number of pyridine rings is 2. The van der Waals surface area contributed by atoms with Crippen LogP contribution in [0.4, 0.5) is 0 Å². The maximum Gasteiger partial charge on any atom is 0.278 e. The Balaban J connectivity index is 1.80. The normalized spacial score (nSPS) is 19.2. The molecule has 2 aliphatic rings. The smallest absolute Gasteiger partial charge is 0.278 e. The van der Waals surface area contributed by atoms with Gasteiger partial charge in [-0.1, -0.05) is 42.5 Å². The van der Waals surface area contributed by atoms with Crippen LogP contribution in [0.2, 0.25) is 0 Å². The first-order valence-electron chi connectivity index (χ1n) is 10.3. The van der Waals surface area contributed by atoms with Crippen LogP contribution in [-0.2, 0) is 6.42 Å². The van der Waals surface area contributed by atoms with E-state index in [1.807, 2.05) is 53.7 Å². The molecular formula is C24H22N4O3. The molecule has 5 rings (SSSR count). The van der Waals surface area contributed by atoms with Gasteiger partial charge in [-0.2, -0.15) is 0 Å². The lowest BCUT2D eigenvalue weighted by Crippen LogP contribution is -2.55.